The molecule has 0 N–H and O–H groups in total. The molecule has 2 aromatic carbocycles. The molecule has 2 heterocycles. The summed E-state index contributed by atoms with van der Waals surface area (Å²) in [4.78, 5) is 21.9. The van der Waals surface area contributed by atoms with E-state index >= 15 is 0 Å². The second-order valence-corrected chi connectivity index (χ2v) is 7.58. The SMILES string of the molecule is CC(C)c1noc(CSc2nc3ccccc3c(=O)n2-c2ccc(F)cc2F)n1. The lowest BCUT2D eigenvalue weighted by Crippen LogP contribution is -2.22. The van der Waals surface area contributed by atoms with Crippen LogP contribution in [0.15, 0.2) is 56.9 Å². The summed E-state index contributed by atoms with van der Waals surface area (Å²) in [5.41, 5.74) is -0.0465. The van der Waals surface area contributed by atoms with Crippen LogP contribution in [0.2, 0.25) is 0 Å². The minimum Gasteiger partial charge on any atom is -0.338 e. The van der Waals surface area contributed by atoms with Gasteiger partial charge in [-0.1, -0.05) is 42.9 Å². The minimum absolute atomic E-state index is 0.0782. The maximum atomic E-state index is 14.5. The van der Waals surface area contributed by atoms with E-state index in [2.05, 4.69) is 15.1 Å². The number of thioether (sulfide) groups is 1. The third kappa shape index (κ3) is 3.77. The van der Waals surface area contributed by atoms with Crippen LogP contribution in [0.4, 0.5) is 8.78 Å². The Bertz CT molecular complexity index is 1250. The van der Waals surface area contributed by atoms with Crippen LogP contribution < -0.4 is 5.56 Å². The van der Waals surface area contributed by atoms with E-state index in [4.69, 9.17) is 4.52 Å². The predicted octanol–water partition coefficient (Wildman–Crippen LogP) is 4.46. The Morgan fingerprint density at radius 1 is 1.14 bits per heavy atom. The zero-order valence-corrected chi connectivity index (χ0v) is 16.4. The number of para-hydroxylation sites is 1. The minimum atomic E-state index is -0.856. The van der Waals surface area contributed by atoms with E-state index in [0.29, 0.717) is 22.6 Å². The van der Waals surface area contributed by atoms with Crippen molar-refractivity contribution in [3.05, 3.63) is 76.2 Å². The number of nitrogens with zero attached hydrogens (tertiary/aromatic N) is 4. The van der Waals surface area contributed by atoms with Gasteiger partial charge in [0.25, 0.3) is 5.56 Å². The summed E-state index contributed by atoms with van der Waals surface area (Å²) in [5.74, 6) is -0.280. The Morgan fingerprint density at radius 2 is 1.93 bits per heavy atom. The highest BCUT2D eigenvalue weighted by molar-refractivity contribution is 7.98. The second-order valence-electron chi connectivity index (χ2n) is 6.64. The van der Waals surface area contributed by atoms with E-state index in [1.54, 1.807) is 24.3 Å². The second kappa shape index (κ2) is 7.75. The quantitative estimate of drug-likeness (QED) is 0.355. The molecule has 148 valence electrons. The molecule has 0 aliphatic heterocycles. The summed E-state index contributed by atoms with van der Waals surface area (Å²) in [7, 11) is 0. The fourth-order valence-electron chi connectivity index (χ4n) is 2.77. The number of aromatic nitrogens is 4. The molecule has 2 aromatic heterocycles. The molecule has 0 atom stereocenters. The molecule has 0 bridgehead atoms. The van der Waals surface area contributed by atoms with Crippen molar-refractivity contribution in [2.24, 2.45) is 0 Å². The summed E-state index contributed by atoms with van der Waals surface area (Å²) < 4.78 is 34.2. The van der Waals surface area contributed by atoms with Crippen molar-refractivity contribution >= 4 is 22.7 Å². The Labute approximate surface area is 168 Å². The predicted molar refractivity (Wildman–Crippen MR) is 105 cm³/mol. The molecule has 6 nitrogen and oxygen atoms in total. The standard InChI is InChI=1S/C20H16F2N4O2S/c1-11(2)18-24-17(28-25-18)10-29-20-23-15-6-4-3-5-13(15)19(27)26(20)16-8-7-12(21)9-14(16)22/h3-9,11H,10H2,1-2H3. The van der Waals surface area contributed by atoms with Crippen LogP contribution in [-0.2, 0) is 5.75 Å². The molecular formula is C20H16F2N4O2S. The van der Waals surface area contributed by atoms with Crippen LogP contribution >= 0.6 is 11.8 Å². The summed E-state index contributed by atoms with van der Waals surface area (Å²) in [5, 5.41) is 4.48. The molecule has 0 amide bonds. The molecule has 0 radical (unpaired) electrons. The van der Waals surface area contributed by atoms with Crippen molar-refractivity contribution in [3.63, 3.8) is 0 Å². The first-order valence-electron chi connectivity index (χ1n) is 8.86. The Morgan fingerprint density at radius 3 is 2.66 bits per heavy atom. The number of rotatable bonds is 5. The maximum absolute atomic E-state index is 14.5. The normalized spacial score (nSPS) is 11.5. The number of hydrogen-bond acceptors (Lipinski definition) is 6. The van der Waals surface area contributed by atoms with Crippen molar-refractivity contribution in [1.29, 1.82) is 0 Å². The van der Waals surface area contributed by atoms with Gasteiger partial charge < -0.3 is 4.52 Å². The summed E-state index contributed by atoms with van der Waals surface area (Å²) in [6.45, 7) is 3.89. The summed E-state index contributed by atoms with van der Waals surface area (Å²) in [6, 6.07) is 9.84. The molecule has 9 heteroatoms. The first-order valence-corrected chi connectivity index (χ1v) is 9.85. The molecule has 0 aliphatic carbocycles. The highest BCUT2D eigenvalue weighted by Gasteiger charge is 2.18. The average molecular weight is 414 g/mol. The van der Waals surface area contributed by atoms with Gasteiger partial charge in [0.1, 0.15) is 11.6 Å². The van der Waals surface area contributed by atoms with E-state index in [0.717, 1.165) is 28.5 Å². The zero-order chi connectivity index (χ0) is 20.5. The number of benzene rings is 2. The molecule has 0 fully saturated rings. The van der Waals surface area contributed by atoms with E-state index in [1.807, 2.05) is 13.8 Å². The maximum Gasteiger partial charge on any atom is 0.266 e. The molecular weight excluding hydrogens is 398 g/mol. The largest absolute Gasteiger partial charge is 0.338 e. The van der Waals surface area contributed by atoms with Crippen molar-refractivity contribution in [2.45, 2.75) is 30.7 Å². The van der Waals surface area contributed by atoms with Crippen LogP contribution in [0.1, 0.15) is 31.5 Å². The summed E-state index contributed by atoms with van der Waals surface area (Å²) >= 11 is 1.16. The van der Waals surface area contributed by atoms with Gasteiger partial charge in [-0.05, 0) is 24.3 Å². The third-order valence-corrected chi connectivity index (χ3v) is 5.14. The van der Waals surface area contributed by atoms with Gasteiger partial charge in [0.15, 0.2) is 11.0 Å². The highest BCUT2D eigenvalue weighted by Crippen LogP contribution is 2.26. The van der Waals surface area contributed by atoms with E-state index < -0.39 is 17.2 Å². The Kier molecular flexibility index (Phi) is 5.14. The monoisotopic (exact) mass is 414 g/mol. The van der Waals surface area contributed by atoms with Gasteiger partial charge in [0.2, 0.25) is 5.89 Å². The zero-order valence-electron chi connectivity index (χ0n) is 15.6. The Hall–Kier alpha value is -3.07. The van der Waals surface area contributed by atoms with Gasteiger partial charge >= 0.3 is 0 Å². The molecule has 4 rings (SSSR count). The smallest absolute Gasteiger partial charge is 0.266 e. The van der Waals surface area contributed by atoms with Gasteiger partial charge in [-0.15, -0.1) is 0 Å². The van der Waals surface area contributed by atoms with Gasteiger partial charge in [0.05, 0.1) is 22.3 Å². The van der Waals surface area contributed by atoms with E-state index in [1.165, 1.54) is 6.07 Å². The number of hydrogen-bond donors (Lipinski definition) is 0. The molecule has 0 aliphatic rings. The first kappa shape index (κ1) is 19.3. The third-order valence-electron chi connectivity index (χ3n) is 4.22. The molecule has 29 heavy (non-hydrogen) atoms. The number of halogens is 2. The fourth-order valence-corrected chi connectivity index (χ4v) is 3.61. The molecule has 0 saturated heterocycles. The van der Waals surface area contributed by atoms with Crippen molar-refractivity contribution in [2.75, 3.05) is 0 Å². The van der Waals surface area contributed by atoms with E-state index in [9.17, 15) is 13.6 Å². The van der Waals surface area contributed by atoms with Crippen LogP contribution in [0, 0.1) is 11.6 Å². The fraction of sp³-hybridized carbons (Fsp3) is 0.200. The lowest BCUT2D eigenvalue weighted by Gasteiger charge is -2.13. The average Bonchev–Trinajstić information content (AvgIpc) is 3.17. The number of fused-ring (bicyclic) bond motifs is 1. The summed E-state index contributed by atoms with van der Waals surface area (Å²) in [6.07, 6.45) is 0. The van der Waals surface area contributed by atoms with Crippen molar-refractivity contribution in [1.82, 2.24) is 19.7 Å². The van der Waals surface area contributed by atoms with Gasteiger partial charge in [-0.25, -0.2) is 13.8 Å². The lowest BCUT2D eigenvalue weighted by molar-refractivity contribution is 0.382. The van der Waals surface area contributed by atoms with Crippen LogP contribution in [0.25, 0.3) is 16.6 Å². The van der Waals surface area contributed by atoms with Crippen LogP contribution in [-0.4, -0.2) is 19.7 Å². The molecule has 0 saturated carbocycles. The van der Waals surface area contributed by atoms with Crippen molar-refractivity contribution < 1.29 is 13.3 Å². The molecule has 0 spiro atoms. The topological polar surface area (TPSA) is 73.8 Å². The highest BCUT2D eigenvalue weighted by atomic mass is 32.2. The van der Waals surface area contributed by atoms with Crippen LogP contribution in [0.3, 0.4) is 0 Å². The van der Waals surface area contributed by atoms with Gasteiger partial charge in [-0.2, -0.15) is 4.98 Å². The molecule has 0 unspecified atom stereocenters. The van der Waals surface area contributed by atoms with Crippen LogP contribution in [0.5, 0.6) is 0 Å². The molecule has 4 aromatic rings. The van der Waals surface area contributed by atoms with Crippen molar-refractivity contribution in [3.8, 4) is 5.69 Å². The van der Waals surface area contributed by atoms with Gasteiger partial charge in [-0.3, -0.25) is 9.36 Å². The van der Waals surface area contributed by atoms with Gasteiger partial charge in [0, 0.05) is 12.0 Å². The lowest BCUT2D eigenvalue weighted by atomic mass is 10.2. The van der Waals surface area contributed by atoms with E-state index in [-0.39, 0.29) is 22.5 Å². The Balaban J connectivity index is 1.81. The first-order chi connectivity index (χ1) is 13.9.